The van der Waals surface area contributed by atoms with Crippen molar-refractivity contribution in [3.8, 4) is 5.75 Å². The Morgan fingerprint density at radius 1 is 1.04 bits per heavy atom. The lowest BCUT2D eigenvalue weighted by Gasteiger charge is -2.18. The van der Waals surface area contributed by atoms with E-state index in [0.29, 0.717) is 29.3 Å². The molecule has 0 aliphatic carbocycles. The number of nitrogens with one attached hydrogen (secondary N) is 2. The van der Waals surface area contributed by atoms with Gasteiger partial charge in [0.25, 0.3) is 5.91 Å². The van der Waals surface area contributed by atoms with Gasteiger partial charge >= 0.3 is 0 Å². The van der Waals surface area contributed by atoms with Crippen LogP contribution in [0.25, 0.3) is 0 Å². The van der Waals surface area contributed by atoms with Crippen LogP contribution in [0.15, 0.2) is 46.9 Å². The van der Waals surface area contributed by atoms with Crippen LogP contribution >= 0.6 is 15.9 Å². The average molecular weight is 419 g/mol. The number of rotatable bonds is 5. The number of carbonyl (C=O) groups is 2. The Bertz CT molecular complexity index is 813. The zero-order chi connectivity index (χ0) is 19.3. The van der Waals surface area contributed by atoms with E-state index in [2.05, 4.69) is 26.6 Å². The molecule has 0 saturated carbocycles. The van der Waals surface area contributed by atoms with Crippen LogP contribution in [0.1, 0.15) is 38.1 Å². The molecule has 0 aromatic heterocycles. The molecule has 2 amide bonds. The maximum Gasteiger partial charge on any atom is 0.259 e. The molecule has 0 atom stereocenters. The predicted molar refractivity (Wildman–Crippen MR) is 108 cm³/mol. The Morgan fingerprint density at radius 3 is 2.31 bits per heavy atom. The van der Waals surface area contributed by atoms with E-state index in [1.54, 1.807) is 36.4 Å². The molecule has 0 radical (unpaired) electrons. The van der Waals surface area contributed by atoms with E-state index in [9.17, 15) is 9.59 Å². The topological polar surface area (TPSA) is 67.4 Å². The molecule has 0 aliphatic rings. The summed E-state index contributed by atoms with van der Waals surface area (Å²) >= 11 is 3.38. The van der Waals surface area contributed by atoms with Crippen molar-refractivity contribution in [1.82, 2.24) is 0 Å². The first-order chi connectivity index (χ1) is 12.2. The highest BCUT2D eigenvalue weighted by Gasteiger charge is 2.21. The molecule has 0 heterocycles. The number of benzene rings is 2. The third-order valence-electron chi connectivity index (χ3n) is 3.55. The molecule has 138 valence electrons. The van der Waals surface area contributed by atoms with Crippen molar-refractivity contribution in [3.63, 3.8) is 0 Å². The van der Waals surface area contributed by atoms with Gasteiger partial charge in [0.15, 0.2) is 0 Å². The second-order valence-electron chi connectivity index (χ2n) is 6.81. The molecular formula is C20H23BrN2O3. The van der Waals surface area contributed by atoms with Crippen LogP contribution in [-0.4, -0.2) is 18.4 Å². The fourth-order valence-corrected chi connectivity index (χ4v) is 2.51. The van der Waals surface area contributed by atoms with E-state index >= 15 is 0 Å². The fourth-order valence-electron chi connectivity index (χ4n) is 2.15. The SMILES string of the molecule is CCOc1ccc(Br)cc1C(=O)Nc1cccc(NC(=O)C(C)(C)C)c1. The largest absolute Gasteiger partial charge is 0.493 e. The summed E-state index contributed by atoms with van der Waals surface area (Å²) in [5.74, 6) is 0.144. The van der Waals surface area contributed by atoms with Gasteiger partial charge in [0.1, 0.15) is 5.75 Å². The molecule has 2 aromatic carbocycles. The lowest BCUT2D eigenvalue weighted by molar-refractivity contribution is -0.123. The van der Waals surface area contributed by atoms with E-state index in [0.717, 1.165) is 4.47 Å². The summed E-state index contributed by atoms with van der Waals surface area (Å²) < 4.78 is 6.32. The van der Waals surface area contributed by atoms with Crippen LogP contribution < -0.4 is 15.4 Å². The lowest BCUT2D eigenvalue weighted by Crippen LogP contribution is -2.27. The highest BCUT2D eigenvalue weighted by molar-refractivity contribution is 9.10. The van der Waals surface area contributed by atoms with Crippen molar-refractivity contribution in [2.24, 2.45) is 5.41 Å². The van der Waals surface area contributed by atoms with Crippen LogP contribution in [-0.2, 0) is 4.79 Å². The molecule has 0 spiro atoms. The number of ether oxygens (including phenoxy) is 1. The van der Waals surface area contributed by atoms with Crippen LogP contribution in [0, 0.1) is 5.41 Å². The van der Waals surface area contributed by atoms with E-state index in [4.69, 9.17) is 4.74 Å². The van der Waals surface area contributed by atoms with Crippen LogP contribution in [0.4, 0.5) is 11.4 Å². The molecule has 2 N–H and O–H groups in total. The second-order valence-corrected chi connectivity index (χ2v) is 7.73. The number of hydrogen-bond acceptors (Lipinski definition) is 3. The van der Waals surface area contributed by atoms with Gasteiger partial charge in [-0.3, -0.25) is 9.59 Å². The molecule has 0 saturated heterocycles. The minimum atomic E-state index is -0.498. The fraction of sp³-hybridized carbons (Fsp3) is 0.300. The van der Waals surface area contributed by atoms with E-state index < -0.39 is 5.41 Å². The van der Waals surface area contributed by atoms with E-state index in [1.807, 2.05) is 33.8 Å². The first-order valence-corrected chi connectivity index (χ1v) is 9.15. The summed E-state index contributed by atoms with van der Waals surface area (Å²) in [6.07, 6.45) is 0. The number of amides is 2. The van der Waals surface area contributed by atoms with Gasteiger partial charge in [0.05, 0.1) is 12.2 Å². The molecule has 2 aromatic rings. The van der Waals surface area contributed by atoms with Gasteiger partial charge in [0, 0.05) is 21.3 Å². The molecular weight excluding hydrogens is 396 g/mol. The van der Waals surface area contributed by atoms with Crippen molar-refractivity contribution >= 4 is 39.1 Å². The van der Waals surface area contributed by atoms with Gasteiger partial charge in [-0.2, -0.15) is 0 Å². The summed E-state index contributed by atoms with van der Waals surface area (Å²) in [6.45, 7) is 7.87. The average Bonchev–Trinajstić information content (AvgIpc) is 2.56. The smallest absolute Gasteiger partial charge is 0.259 e. The van der Waals surface area contributed by atoms with Gasteiger partial charge in [0.2, 0.25) is 5.91 Å². The van der Waals surface area contributed by atoms with Gasteiger partial charge < -0.3 is 15.4 Å². The summed E-state index contributed by atoms with van der Waals surface area (Å²) in [6, 6.07) is 12.3. The lowest BCUT2D eigenvalue weighted by atomic mass is 9.95. The number of hydrogen-bond donors (Lipinski definition) is 2. The zero-order valence-electron chi connectivity index (χ0n) is 15.4. The standard InChI is InChI=1S/C20H23BrN2O3/c1-5-26-17-10-9-13(21)11-16(17)18(24)22-14-7-6-8-15(12-14)23-19(25)20(2,3)4/h6-12H,5H2,1-4H3,(H,22,24)(H,23,25). The molecule has 0 unspecified atom stereocenters. The minimum absolute atomic E-state index is 0.0911. The summed E-state index contributed by atoms with van der Waals surface area (Å²) in [5, 5.41) is 5.70. The predicted octanol–water partition coefficient (Wildman–Crippen LogP) is 5.08. The van der Waals surface area contributed by atoms with Crippen LogP contribution in [0.3, 0.4) is 0 Å². The van der Waals surface area contributed by atoms with Crippen LogP contribution in [0.2, 0.25) is 0 Å². The van der Waals surface area contributed by atoms with Gasteiger partial charge in [-0.1, -0.05) is 42.8 Å². The molecule has 0 aliphatic heterocycles. The quantitative estimate of drug-likeness (QED) is 0.710. The third-order valence-corrected chi connectivity index (χ3v) is 4.04. The normalized spacial score (nSPS) is 11.0. The number of carbonyl (C=O) groups excluding carboxylic acids is 2. The summed E-state index contributed by atoms with van der Waals surface area (Å²) in [7, 11) is 0. The minimum Gasteiger partial charge on any atom is -0.493 e. The Labute approximate surface area is 162 Å². The van der Waals surface area contributed by atoms with Crippen LogP contribution in [0.5, 0.6) is 5.75 Å². The second kappa shape index (κ2) is 8.36. The summed E-state index contributed by atoms with van der Waals surface area (Å²) in [4.78, 5) is 24.8. The number of anilines is 2. The molecule has 2 rings (SSSR count). The van der Waals surface area contributed by atoms with Crippen molar-refractivity contribution in [2.75, 3.05) is 17.2 Å². The number of halogens is 1. The van der Waals surface area contributed by atoms with Crippen molar-refractivity contribution in [1.29, 1.82) is 0 Å². The van der Waals surface area contributed by atoms with Crippen molar-refractivity contribution in [2.45, 2.75) is 27.7 Å². The van der Waals surface area contributed by atoms with Crippen molar-refractivity contribution < 1.29 is 14.3 Å². The van der Waals surface area contributed by atoms with Gasteiger partial charge in [-0.15, -0.1) is 0 Å². The molecule has 0 bridgehead atoms. The van der Waals surface area contributed by atoms with Gasteiger partial charge in [-0.05, 0) is 43.3 Å². The first-order valence-electron chi connectivity index (χ1n) is 8.36. The Kier molecular flexibility index (Phi) is 6.42. The summed E-state index contributed by atoms with van der Waals surface area (Å²) in [5.41, 5.74) is 1.15. The maximum absolute atomic E-state index is 12.7. The Hall–Kier alpha value is -2.34. The highest BCUT2D eigenvalue weighted by Crippen LogP contribution is 2.25. The van der Waals surface area contributed by atoms with Gasteiger partial charge in [-0.25, -0.2) is 0 Å². The van der Waals surface area contributed by atoms with E-state index in [-0.39, 0.29) is 11.8 Å². The van der Waals surface area contributed by atoms with E-state index in [1.165, 1.54) is 0 Å². The molecule has 6 heteroatoms. The highest BCUT2D eigenvalue weighted by atomic mass is 79.9. The monoisotopic (exact) mass is 418 g/mol. The maximum atomic E-state index is 12.7. The first kappa shape index (κ1) is 20.0. The Balaban J connectivity index is 2.19. The Morgan fingerprint density at radius 2 is 1.69 bits per heavy atom. The molecule has 5 nitrogen and oxygen atoms in total. The molecule has 0 fully saturated rings. The van der Waals surface area contributed by atoms with Crippen molar-refractivity contribution in [3.05, 3.63) is 52.5 Å². The zero-order valence-corrected chi connectivity index (χ0v) is 16.9. The molecule has 26 heavy (non-hydrogen) atoms. The third kappa shape index (κ3) is 5.33.